The molecule has 2 bridgehead atoms. The fourth-order valence-corrected chi connectivity index (χ4v) is 4.02. The first kappa shape index (κ1) is 17.4. The van der Waals surface area contributed by atoms with E-state index in [1.54, 1.807) is 20.8 Å². The van der Waals surface area contributed by atoms with Crippen molar-refractivity contribution in [3.63, 3.8) is 0 Å². The van der Waals surface area contributed by atoms with Crippen molar-refractivity contribution in [2.45, 2.75) is 71.3 Å². The second kappa shape index (κ2) is 6.47. The van der Waals surface area contributed by atoms with E-state index in [1.807, 2.05) is 6.07 Å². The Morgan fingerprint density at radius 2 is 1.92 bits per heavy atom. The van der Waals surface area contributed by atoms with E-state index in [-0.39, 0.29) is 23.7 Å². The fourth-order valence-electron chi connectivity index (χ4n) is 4.02. The van der Waals surface area contributed by atoms with Crippen LogP contribution < -0.4 is 10.5 Å². The Balaban J connectivity index is 1.96. The summed E-state index contributed by atoms with van der Waals surface area (Å²) in [6, 6.07) is 3.29. The number of hydrogen-bond acceptors (Lipinski definition) is 3. The maximum Gasteiger partial charge on any atom is 0.316 e. The molecule has 3 atom stereocenters. The molecule has 1 fully saturated rings. The lowest BCUT2D eigenvalue weighted by Gasteiger charge is -2.39. The molecule has 2 aliphatic carbocycles. The number of benzene rings is 1. The van der Waals surface area contributed by atoms with E-state index >= 15 is 0 Å². The van der Waals surface area contributed by atoms with Crippen LogP contribution in [-0.2, 0) is 11.2 Å². The predicted molar refractivity (Wildman–Crippen MR) is 92.5 cm³/mol. The van der Waals surface area contributed by atoms with Crippen LogP contribution in [-0.4, -0.2) is 12.0 Å². The number of rotatable bonds is 1. The van der Waals surface area contributed by atoms with Crippen molar-refractivity contribution in [3.05, 3.63) is 29.1 Å². The van der Waals surface area contributed by atoms with Crippen LogP contribution in [0.3, 0.4) is 0 Å². The molecule has 0 spiro atoms. The van der Waals surface area contributed by atoms with E-state index in [0.717, 1.165) is 30.4 Å². The van der Waals surface area contributed by atoms with E-state index in [2.05, 4.69) is 0 Å². The SMILES string of the molecule is CC(C)(C)C(=O)Oc1cc(F)c2c(c1)C1CCCCCC(C2)C1N. The van der Waals surface area contributed by atoms with Crippen LogP contribution in [0.4, 0.5) is 4.39 Å². The summed E-state index contributed by atoms with van der Waals surface area (Å²) in [5.74, 6) is 0.227. The molecule has 1 aromatic rings. The number of carbonyl (C=O) groups excluding carboxylic acids is 1. The standard InChI is InChI=1S/C20H28FNO2/c1-20(2,3)19(23)24-13-10-15-14-8-6-4-5-7-12(18(14)22)9-16(15)17(21)11-13/h10-12,14,18H,4-9,22H2,1-3H3. The molecule has 2 N–H and O–H groups in total. The van der Waals surface area contributed by atoms with Crippen molar-refractivity contribution in [1.82, 2.24) is 0 Å². The van der Waals surface area contributed by atoms with Gasteiger partial charge in [0.25, 0.3) is 0 Å². The molecule has 0 radical (unpaired) electrons. The van der Waals surface area contributed by atoms with Gasteiger partial charge in [0.05, 0.1) is 5.41 Å². The van der Waals surface area contributed by atoms with Crippen LogP contribution >= 0.6 is 0 Å². The second-order valence-electron chi connectivity index (χ2n) is 8.40. The molecule has 3 rings (SSSR count). The Morgan fingerprint density at radius 1 is 1.21 bits per heavy atom. The molecule has 3 nitrogen and oxygen atoms in total. The lowest BCUT2D eigenvalue weighted by Crippen LogP contribution is -2.42. The highest BCUT2D eigenvalue weighted by Gasteiger charge is 2.37. The molecule has 4 heteroatoms. The minimum Gasteiger partial charge on any atom is -0.426 e. The number of hydrogen-bond donors (Lipinski definition) is 1. The van der Waals surface area contributed by atoms with Gasteiger partial charge in [-0.25, -0.2) is 4.39 Å². The third-order valence-electron chi connectivity index (χ3n) is 5.49. The minimum atomic E-state index is -0.617. The van der Waals surface area contributed by atoms with E-state index in [4.69, 9.17) is 10.5 Å². The number of fused-ring (bicyclic) bond motifs is 4. The van der Waals surface area contributed by atoms with Gasteiger partial charge in [-0.05, 0) is 69.1 Å². The molecule has 0 saturated heterocycles. The topological polar surface area (TPSA) is 52.3 Å². The summed E-state index contributed by atoms with van der Waals surface area (Å²) < 4.78 is 20.1. The maximum absolute atomic E-state index is 14.7. The van der Waals surface area contributed by atoms with Crippen LogP contribution in [0.15, 0.2) is 12.1 Å². The molecule has 0 aromatic heterocycles. The van der Waals surface area contributed by atoms with Crippen molar-refractivity contribution in [1.29, 1.82) is 0 Å². The zero-order chi connectivity index (χ0) is 17.5. The van der Waals surface area contributed by atoms with E-state index in [9.17, 15) is 9.18 Å². The van der Waals surface area contributed by atoms with Crippen molar-refractivity contribution in [2.75, 3.05) is 0 Å². The van der Waals surface area contributed by atoms with Crippen LogP contribution in [0.25, 0.3) is 0 Å². The molecule has 1 saturated carbocycles. The Labute approximate surface area is 143 Å². The average molecular weight is 333 g/mol. The highest BCUT2D eigenvalue weighted by molar-refractivity contribution is 5.78. The summed E-state index contributed by atoms with van der Waals surface area (Å²) in [6.07, 6.45) is 6.29. The molecular weight excluding hydrogens is 305 g/mol. The minimum absolute atomic E-state index is 0.0748. The quantitative estimate of drug-likeness (QED) is 0.615. The molecule has 2 aliphatic rings. The molecule has 1 aromatic carbocycles. The zero-order valence-corrected chi connectivity index (χ0v) is 14.9. The number of esters is 1. The number of halogens is 1. The normalized spacial score (nSPS) is 27.0. The second-order valence-corrected chi connectivity index (χ2v) is 8.40. The largest absolute Gasteiger partial charge is 0.426 e. The van der Waals surface area contributed by atoms with Crippen molar-refractivity contribution in [2.24, 2.45) is 17.1 Å². The first-order valence-electron chi connectivity index (χ1n) is 9.07. The van der Waals surface area contributed by atoms with Crippen LogP contribution in [0.1, 0.15) is 69.9 Å². The summed E-state index contributed by atoms with van der Waals surface area (Å²) in [5.41, 5.74) is 7.63. The van der Waals surface area contributed by atoms with Crippen LogP contribution in [0.2, 0.25) is 0 Å². The summed E-state index contributed by atoms with van der Waals surface area (Å²) in [6.45, 7) is 5.37. The fraction of sp³-hybridized carbons (Fsp3) is 0.650. The van der Waals surface area contributed by atoms with Gasteiger partial charge in [-0.3, -0.25) is 4.79 Å². The molecule has 0 heterocycles. The Hall–Kier alpha value is -1.42. The van der Waals surface area contributed by atoms with Crippen LogP contribution in [0.5, 0.6) is 5.75 Å². The Morgan fingerprint density at radius 3 is 2.62 bits per heavy atom. The predicted octanol–water partition coefficient (Wildman–Crippen LogP) is 4.32. The lowest BCUT2D eigenvalue weighted by atomic mass is 9.68. The summed E-state index contributed by atoms with van der Waals surface area (Å²) >= 11 is 0. The van der Waals surface area contributed by atoms with Crippen LogP contribution in [0, 0.1) is 17.2 Å². The number of nitrogens with two attached hydrogens (primary N) is 1. The zero-order valence-electron chi connectivity index (χ0n) is 14.9. The highest BCUT2D eigenvalue weighted by Crippen LogP contribution is 2.43. The van der Waals surface area contributed by atoms with Gasteiger partial charge in [0.1, 0.15) is 11.6 Å². The van der Waals surface area contributed by atoms with E-state index < -0.39 is 5.41 Å². The van der Waals surface area contributed by atoms with Gasteiger partial charge in [0, 0.05) is 12.1 Å². The molecule has 0 amide bonds. The molecule has 3 unspecified atom stereocenters. The Bertz CT molecular complexity index is 635. The molecule has 24 heavy (non-hydrogen) atoms. The lowest BCUT2D eigenvalue weighted by molar-refractivity contribution is -0.143. The summed E-state index contributed by atoms with van der Waals surface area (Å²) in [5, 5.41) is 0. The van der Waals surface area contributed by atoms with Gasteiger partial charge in [-0.1, -0.05) is 19.3 Å². The monoisotopic (exact) mass is 333 g/mol. The number of carbonyl (C=O) groups is 1. The Kier molecular flexibility index (Phi) is 4.69. The first-order chi connectivity index (χ1) is 11.3. The average Bonchev–Trinajstić information content (AvgIpc) is 2.48. The highest BCUT2D eigenvalue weighted by atomic mass is 19.1. The first-order valence-corrected chi connectivity index (χ1v) is 9.07. The molecule has 132 valence electrons. The molecular formula is C20H28FNO2. The van der Waals surface area contributed by atoms with Crippen molar-refractivity contribution in [3.8, 4) is 5.75 Å². The maximum atomic E-state index is 14.7. The summed E-state index contributed by atoms with van der Waals surface area (Å²) in [4.78, 5) is 12.1. The van der Waals surface area contributed by atoms with Gasteiger partial charge in [0.15, 0.2) is 0 Å². The third kappa shape index (κ3) is 3.34. The van der Waals surface area contributed by atoms with Gasteiger partial charge >= 0.3 is 5.97 Å². The van der Waals surface area contributed by atoms with Gasteiger partial charge < -0.3 is 10.5 Å². The number of ether oxygens (including phenoxy) is 1. The smallest absolute Gasteiger partial charge is 0.316 e. The molecule has 0 aliphatic heterocycles. The van der Waals surface area contributed by atoms with Gasteiger partial charge in [-0.15, -0.1) is 0 Å². The van der Waals surface area contributed by atoms with Gasteiger partial charge in [-0.2, -0.15) is 0 Å². The van der Waals surface area contributed by atoms with E-state index in [0.29, 0.717) is 18.1 Å². The van der Waals surface area contributed by atoms with Gasteiger partial charge in [0.2, 0.25) is 0 Å². The van der Waals surface area contributed by atoms with E-state index in [1.165, 1.54) is 18.9 Å². The third-order valence-corrected chi connectivity index (χ3v) is 5.49. The van der Waals surface area contributed by atoms with Crippen molar-refractivity contribution < 1.29 is 13.9 Å². The van der Waals surface area contributed by atoms with Crippen molar-refractivity contribution >= 4 is 5.97 Å². The summed E-state index contributed by atoms with van der Waals surface area (Å²) in [7, 11) is 0.